The summed E-state index contributed by atoms with van der Waals surface area (Å²) < 4.78 is 0. The molecule has 2 rings (SSSR count). The molecule has 0 spiro atoms. The Balaban J connectivity index is 2.31. The summed E-state index contributed by atoms with van der Waals surface area (Å²) in [5.41, 5.74) is 9.56. The molecule has 1 fully saturated rings. The molecule has 0 aliphatic heterocycles. The minimum absolute atomic E-state index is 0.427. The van der Waals surface area contributed by atoms with E-state index in [1.54, 1.807) is 11.1 Å². The molecule has 80 valence electrons. The molecule has 1 heteroatoms. The van der Waals surface area contributed by atoms with Crippen molar-refractivity contribution in [1.82, 2.24) is 0 Å². The van der Waals surface area contributed by atoms with Crippen molar-refractivity contribution in [3.63, 3.8) is 0 Å². The lowest BCUT2D eigenvalue weighted by Crippen LogP contribution is -2.42. The Hall–Kier alpha value is -0.300. The Morgan fingerprint density at radius 1 is 1.14 bits per heavy atom. The molecule has 2 aliphatic carbocycles. The van der Waals surface area contributed by atoms with E-state index in [9.17, 15) is 0 Å². The van der Waals surface area contributed by atoms with Crippen LogP contribution in [0.3, 0.4) is 0 Å². The zero-order chi connectivity index (χ0) is 10.5. The number of hydrogen-bond acceptors (Lipinski definition) is 1. The van der Waals surface area contributed by atoms with E-state index in [2.05, 4.69) is 27.7 Å². The molecule has 0 heterocycles. The predicted octanol–water partition coefficient (Wildman–Crippen LogP) is 2.96. The molecule has 0 aromatic carbocycles. The van der Waals surface area contributed by atoms with E-state index in [1.807, 2.05) is 0 Å². The monoisotopic (exact) mass is 193 g/mol. The first kappa shape index (κ1) is 10.2. The van der Waals surface area contributed by atoms with E-state index >= 15 is 0 Å². The lowest BCUT2D eigenvalue weighted by molar-refractivity contribution is 0.172. The summed E-state index contributed by atoms with van der Waals surface area (Å²) in [6.45, 7) is 9.29. The summed E-state index contributed by atoms with van der Waals surface area (Å²) in [4.78, 5) is 0. The Kier molecular flexibility index (Phi) is 2.46. The molecule has 0 aromatic heterocycles. The highest BCUT2D eigenvalue weighted by atomic mass is 14.7. The molecule has 14 heavy (non-hydrogen) atoms. The normalized spacial score (nSPS) is 42.4. The van der Waals surface area contributed by atoms with Crippen molar-refractivity contribution >= 4 is 0 Å². The van der Waals surface area contributed by atoms with Gasteiger partial charge in [0.05, 0.1) is 0 Å². The molecule has 1 saturated carbocycles. The van der Waals surface area contributed by atoms with E-state index in [1.165, 1.54) is 12.8 Å². The summed E-state index contributed by atoms with van der Waals surface area (Å²) >= 11 is 0. The smallest absolute Gasteiger partial charge is 0.0173 e. The van der Waals surface area contributed by atoms with Crippen LogP contribution < -0.4 is 5.73 Å². The van der Waals surface area contributed by atoms with Crippen LogP contribution in [0, 0.1) is 23.7 Å². The van der Waals surface area contributed by atoms with Crippen molar-refractivity contribution in [2.24, 2.45) is 29.4 Å². The highest BCUT2D eigenvalue weighted by Crippen LogP contribution is 2.49. The Morgan fingerprint density at radius 3 is 2.36 bits per heavy atom. The zero-order valence-corrected chi connectivity index (χ0v) is 9.88. The quantitative estimate of drug-likeness (QED) is 0.637. The zero-order valence-electron chi connectivity index (χ0n) is 9.88. The van der Waals surface area contributed by atoms with Gasteiger partial charge in [0.1, 0.15) is 0 Å². The number of nitrogens with two attached hydrogens (primary N) is 1. The van der Waals surface area contributed by atoms with Crippen LogP contribution in [0.15, 0.2) is 11.1 Å². The van der Waals surface area contributed by atoms with Crippen LogP contribution in [0.1, 0.15) is 40.5 Å². The lowest BCUT2D eigenvalue weighted by atomic mass is 9.69. The Labute approximate surface area is 87.8 Å². The minimum Gasteiger partial charge on any atom is -0.327 e. The fourth-order valence-electron chi connectivity index (χ4n) is 3.70. The molecule has 0 amide bonds. The first-order valence-corrected chi connectivity index (χ1v) is 5.97. The van der Waals surface area contributed by atoms with E-state index in [4.69, 9.17) is 5.73 Å². The molecular formula is C13H23N. The van der Waals surface area contributed by atoms with E-state index in [-0.39, 0.29) is 0 Å². The Morgan fingerprint density at radius 2 is 1.79 bits per heavy atom. The summed E-state index contributed by atoms with van der Waals surface area (Å²) in [6, 6.07) is 0.427. The molecule has 0 saturated heterocycles. The van der Waals surface area contributed by atoms with Crippen molar-refractivity contribution < 1.29 is 0 Å². The summed E-state index contributed by atoms with van der Waals surface area (Å²) in [7, 11) is 0. The van der Waals surface area contributed by atoms with Crippen LogP contribution in [-0.4, -0.2) is 6.04 Å². The highest BCUT2D eigenvalue weighted by molar-refractivity contribution is 5.29. The van der Waals surface area contributed by atoms with E-state index in [0.717, 1.165) is 11.8 Å². The molecule has 2 N–H and O–H groups in total. The van der Waals surface area contributed by atoms with Gasteiger partial charge in [0.2, 0.25) is 0 Å². The summed E-state index contributed by atoms with van der Waals surface area (Å²) in [5, 5.41) is 0. The summed E-state index contributed by atoms with van der Waals surface area (Å²) in [6.07, 6.45) is 2.71. The first-order chi connectivity index (χ1) is 6.54. The molecule has 0 unspecified atom stereocenters. The maximum Gasteiger partial charge on any atom is 0.0173 e. The van der Waals surface area contributed by atoms with E-state index < -0.39 is 0 Å². The van der Waals surface area contributed by atoms with Crippen molar-refractivity contribution in [2.45, 2.75) is 46.6 Å². The third-order valence-corrected chi connectivity index (χ3v) is 4.69. The minimum atomic E-state index is 0.427. The van der Waals surface area contributed by atoms with Gasteiger partial charge in [-0.1, -0.05) is 25.0 Å². The van der Waals surface area contributed by atoms with Gasteiger partial charge < -0.3 is 5.73 Å². The van der Waals surface area contributed by atoms with Gasteiger partial charge in [0, 0.05) is 6.04 Å². The average molecular weight is 193 g/mol. The molecular weight excluding hydrogens is 170 g/mol. The van der Waals surface area contributed by atoms with E-state index in [0.29, 0.717) is 17.9 Å². The van der Waals surface area contributed by atoms with Gasteiger partial charge in [-0.05, 0) is 50.4 Å². The number of fused-ring (bicyclic) bond motifs is 2. The van der Waals surface area contributed by atoms with Crippen LogP contribution in [0.4, 0.5) is 0 Å². The molecule has 0 radical (unpaired) electrons. The maximum absolute atomic E-state index is 6.35. The van der Waals surface area contributed by atoms with Gasteiger partial charge in [0.25, 0.3) is 0 Å². The largest absolute Gasteiger partial charge is 0.327 e. The average Bonchev–Trinajstić information content (AvgIpc) is 2.30. The topological polar surface area (TPSA) is 26.0 Å². The SMILES string of the molecule is CC1=C(C)[C@@H]2CC[C@@H](C(C)C)[C@H]1[C@H]2N. The van der Waals surface area contributed by atoms with Crippen molar-refractivity contribution in [2.75, 3.05) is 0 Å². The van der Waals surface area contributed by atoms with Gasteiger partial charge >= 0.3 is 0 Å². The third kappa shape index (κ3) is 1.25. The molecule has 1 nitrogen and oxygen atoms in total. The van der Waals surface area contributed by atoms with Crippen LogP contribution in [0.5, 0.6) is 0 Å². The van der Waals surface area contributed by atoms with Crippen LogP contribution in [-0.2, 0) is 0 Å². The first-order valence-electron chi connectivity index (χ1n) is 5.97. The standard InChI is InChI=1S/C13H23N/c1-7(2)10-5-6-11-8(3)9(4)12(10)13(11)14/h7,10-13H,5-6,14H2,1-4H3/t10-,11-,12-,13-/m0/s1. The van der Waals surface area contributed by atoms with Gasteiger partial charge in [0.15, 0.2) is 0 Å². The van der Waals surface area contributed by atoms with Crippen LogP contribution in [0.25, 0.3) is 0 Å². The molecule has 2 bridgehead atoms. The second kappa shape index (κ2) is 3.37. The predicted molar refractivity (Wildman–Crippen MR) is 60.9 cm³/mol. The number of hydrogen-bond donors (Lipinski definition) is 1. The highest BCUT2D eigenvalue weighted by Gasteiger charge is 2.45. The second-order valence-corrected chi connectivity index (χ2v) is 5.56. The van der Waals surface area contributed by atoms with Gasteiger partial charge in [-0.3, -0.25) is 0 Å². The second-order valence-electron chi connectivity index (χ2n) is 5.56. The van der Waals surface area contributed by atoms with Crippen molar-refractivity contribution in [3.05, 3.63) is 11.1 Å². The van der Waals surface area contributed by atoms with Gasteiger partial charge in [-0.25, -0.2) is 0 Å². The van der Waals surface area contributed by atoms with Gasteiger partial charge in [-0.15, -0.1) is 0 Å². The van der Waals surface area contributed by atoms with Crippen molar-refractivity contribution in [3.8, 4) is 0 Å². The molecule has 4 atom stereocenters. The fourth-order valence-corrected chi connectivity index (χ4v) is 3.70. The lowest BCUT2D eigenvalue weighted by Gasteiger charge is -2.38. The number of rotatable bonds is 1. The van der Waals surface area contributed by atoms with Crippen molar-refractivity contribution in [1.29, 1.82) is 0 Å². The van der Waals surface area contributed by atoms with Crippen LogP contribution >= 0.6 is 0 Å². The van der Waals surface area contributed by atoms with Crippen LogP contribution in [0.2, 0.25) is 0 Å². The fraction of sp³-hybridized carbons (Fsp3) is 0.846. The Bertz CT molecular complexity index is 264. The van der Waals surface area contributed by atoms with Gasteiger partial charge in [-0.2, -0.15) is 0 Å². The molecule has 0 aromatic rings. The third-order valence-electron chi connectivity index (χ3n) is 4.69. The maximum atomic E-state index is 6.35. The summed E-state index contributed by atoms with van der Waals surface area (Å²) in [5.74, 6) is 3.01. The molecule has 2 aliphatic rings.